The molecule has 0 aliphatic heterocycles. The average molecular weight is 233 g/mol. The van der Waals surface area contributed by atoms with Crippen molar-refractivity contribution >= 4 is 5.69 Å². The molecule has 0 aliphatic rings. The molecule has 0 atom stereocenters. The van der Waals surface area contributed by atoms with Crippen LogP contribution in [-0.4, -0.2) is 0 Å². The molecule has 0 aliphatic carbocycles. The van der Waals surface area contributed by atoms with E-state index in [4.69, 9.17) is 5.73 Å². The van der Waals surface area contributed by atoms with Crippen LogP contribution in [0.15, 0.2) is 36.4 Å². The summed E-state index contributed by atoms with van der Waals surface area (Å²) in [6, 6.07) is 9.34. The number of anilines is 1. The summed E-state index contributed by atoms with van der Waals surface area (Å²) in [5.41, 5.74) is 8.17. The van der Waals surface area contributed by atoms with E-state index >= 15 is 0 Å². The minimum absolute atomic E-state index is 0.0600. The van der Waals surface area contributed by atoms with Gasteiger partial charge < -0.3 is 5.73 Å². The Balaban J connectivity index is 2.41. The Bertz CT molecular complexity index is 530. The van der Waals surface area contributed by atoms with Gasteiger partial charge in [0.2, 0.25) is 0 Å². The van der Waals surface area contributed by atoms with Gasteiger partial charge in [0.1, 0.15) is 11.6 Å². The predicted molar refractivity (Wildman–Crippen MR) is 64.8 cm³/mol. The molecule has 0 fully saturated rings. The first-order valence-electron chi connectivity index (χ1n) is 5.36. The lowest BCUT2D eigenvalue weighted by atomic mass is 10.0. The fourth-order valence-electron chi connectivity index (χ4n) is 1.78. The molecule has 0 saturated heterocycles. The van der Waals surface area contributed by atoms with E-state index in [1.54, 1.807) is 6.07 Å². The third-order valence-corrected chi connectivity index (χ3v) is 2.73. The second-order valence-corrected chi connectivity index (χ2v) is 4.08. The summed E-state index contributed by atoms with van der Waals surface area (Å²) in [5, 5.41) is 0. The van der Waals surface area contributed by atoms with Crippen LogP contribution in [0.25, 0.3) is 0 Å². The molecular formula is C14H13F2N. The van der Waals surface area contributed by atoms with Crippen molar-refractivity contribution in [2.75, 3.05) is 5.73 Å². The average Bonchev–Trinajstić information content (AvgIpc) is 2.28. The molecule has 0 radical (unpaired) electrons. The minimum Gasteiger partial charge on any atom is -0.398 e. The molecule has 0 spiro atoms. The molecule has 2 aromatic rings. The van der Waals surface area contributed by atoms with Crippen LogP contribution in [0.4, 0.5) is 14.5 Å². The van der Waals surface area contributed by atoms with Crippen LogP contribution in [-0.2, 0) is 6.42 Å². The molecule has 2 aromatic carbocycles. The van der Waals surface area contributed by atoms with Gasteiger partial charge in [0.15, 0.2) is 0 Å². The van der Waals surface area contributed by atoms with Gasteiger partial charge in [0.05, 0.1) is 0 Å². The lowest BCUT2D eigenvalue weighted by molar-refractivity contribution is 0.561. The molecule has 0 heterocycles. The van der Waals surface area contributed by atoms with Crippen LogP contribution in [0.5, 0.6) is 0 Å². The van der Waals surface area contributed by atoms with Crippen molar-refractivity contribution in [3.05, 3.63) is 64.7 Å². The van der Waals surface area contributed by atoms with Crippen molar-refractivity contribution in [1.82, 2.24) is 0 Å². The summed E-state index contributed by atoms with van der Waals surface area (Å²) < 4.78 is 27.0. The van der Waals surface area contributed by atoms with Gasteiger partial charge in [-0.2, -0.15) is 0 Å². The van der Waals surface area contributed by atoms with Crippen LogP contribution in [0.1, 0.15) is 16.7 Å². The van der Waals surface area contributed by atoms with E-state index in [9.17, 15) is 8.78 Å². The van der Waals surface area contributed by atoms with E-state index < -0.39 is 11.6 Å². The first-order valence-corrected chi connectivity index (χ1v) is 5.36. The lowest BCUT2D eigenvalue weighted by Crippen LogP contribution is -2.01. The number of halogens is 2. The van der Waals surface area contributed by atoms with Crippen molar-refractivity contribution in [2.45, 2.75) is 13.3 Å². The van der Waals surface area contributed by atoms with Gasteiger partial charge in [-0.05, 0) is 30.7 Å². The lowest BCUT2D eigenvalue weighted by Gasteiger charge is -2.08. The van der Waals surface area contributed by atoms with E-state index in [1.165, 1.54) is 18.2 Å². The highest BCUT2D eigenvalue weighted by atomic mass is 19.1. The zero-order chi connectivity index (χ0) is 12.4. The largest absolute Gasteiger partial charge is 0.398 e. The first-order chi connectivity index (χ1) is 8.08. The Morgan fingerprint density at radius 3 is 2.35 bits per heavy atom. The molecule has 0 amide bonds. The molecule has 2 rings (SSSR count). The van der Waals surface area contributed by atoms with Gasteiger partial charge in [0.25, 0.3) is 0 Å². The highest BCUT2D eigenvalue weighted by Crippen LogP contribution is 2.21. The quantitative estimate of drug-likeness (QED) is 0.790. The van der Waals surface area contributed by atoms with E-state index in [1.807, 2.05) is 19.1 Å². The van der Waals surface area contributed by atoms with Gasteiger partial charge in [-0.1, -0.05) is 23.8 Å². The Labute approximate surface area is 98.9 Å². The SMILES string of the molecule is Cc1ccc(N)c(Cc2c(F)cccc2F)c1. The van der Waals surface area contributed by atoms with Crippen molar-refractivity contribution in [3.63, 3.8) is 0 Å². The van der Waals surface area contributed by atoms with Gasteiger partial charge in [-0.15, -0.1) is 0 Å². The van der Waals surface area contributed by atoms with Crippen LogP contribution in [0, 0.1) is 18.6 Å². The van der Waals surface area contributed by atoms with Crippen LogP contribution in [0.2, 0.25) is 0 Å². The number of rotatable bonds is 2. The highest BCUT2D eigenvalue weighted by Gasteiger charge is 2.10. The monoisotopic (exact) mass is 233 g/mol. The van der Waals surface area contributed by atoms with E-state index in [-0.39, 0.29) is 12.0 Å². The summed E-state index contributed by atoms with van der Waals surface area (Å²) >= 11 is 0. The third-order valence-electron chi connectivity index (χ3n) is 2.73. The van der Waals surface area contributed by atoms with Crippen molar-refractivity contribution in [2.24, 2.45) is 0 Å². The third kappa shape index (κ3) is 2.44. The maximum Gasteiger partial charge on any atom is 0.129 e. The number of benzene rings is 2. The second kappa shape index (κ2) is 4.53. The predicted octanol–water partition coefficient (Wildman–Crippen LogP) is 3.45. The van der Waals surface area contributed by atoms with Gasteiger partial charge >= 0.3 is 0 Å². The smallest absolute Gasteiger partial charge is 0.129 e. The Morgan fingerprint density at radius 2 is 1.71 bits per heavy atom. The molecule has 3 heteroatoms. The summed E-state index contributed by atoms with van der Waals surface area (Å²) in [5.74, 6) is -1.07. The first kappa shape index (κ1) is 11.6. The molecule has 0 saturated carbocycles. The van der Waals surface area contributed by atoms with E-state index in [0.29, 0.717) is 5.69 Å². The minimum atomic E-state index is -0.536. The van der Waals surface area contributed by atoms with Gasteiger partial charge in [0, 0.05) is 17.7 Å². The zero-order valence-electron chi connectivity index (χ0n) is 9.50. The molecule has 0 bridgehead atoms. The standard InChI is InChI=1S/C14H13F2N/c1-9-5-6-14(17)10(7-9)8-11-12(15)3-2-4-13(11)16/h2-7H,8,17H2,1H3. The summed E-state index contributed by atoms with van der Waals surface area (Å²) in [7, 11) is 0. The number of hydrogen-bond acceptors (Lipinski definition) is 1. The fraction of sp³-hybridized carbons (Fsp3) is 0.143. The van der Waals surface area contributed by atoms with Crippen LogP contribution in [0.3, 0.4) is 0 Å². The molecule has 1 nitrogen and oxygen atoms in total. The summed E-state index contributed by atoms with van der Waals surface area (Å²) in [6.07, 6.45) is 0.173. The maximum absolute atomic E-state index is 13.5. The normalized spacial score (nSPS) is 10.5. The van der Waals surface area contributed by atoms with Crippen LogP contribution >= 0.6 is 0 Å². The van der Waals surface area contributed by atoms with Crippen molar-refractivity contribution in [3.8, 4) is 0 Å². The molecule has 0 aromatic heterocycles. The van der Waals surface area contributed by atoms with Gasteiger partial charge in [-0.25, -0.2) is 8.78 Å². The fourth-order valence-corrected chi connectivity index (χ4v) is 1.78. The number of nitrogen functional groups attached to an aromatic ring is 1. The summed E-state index contributed by atoms with van der Waals surface area (Å²) in [6.45, 7) is 1.92. The molecule has 0 unspecified atom stereocenters. The second-order valence-electron chi connectivity index (χ2n) is 4.08. The molecule has 88 valence electrons. The molecule has 17 heavy (non-hydrogen) atoms. The van der Waals surface area contributed by atoms with Crippen molar-refractivity contribution < 1.29 is 8.78 Å². The zero-order valence-corrected chi connectivity index (χ0v) is 9.50. The van der Waals surface area contributed by atoms with E-state index in [0.717, 1.165) is 11.1 Å². The van der Waals surface area contributed by atoms with E-state index in [2.05, 4.69) is 0 Å². The molecule has 2 N–H and O–H groups in total. The number of nitrogens with two attached hydrogens (primary N) is 1. The Hall–Kier alpha value is -1.90. The Morgan fingerprint density at radius 1 is 1.06 bits per heavy atom. The molecular weight excluding hydrogens is 220 g/mol. The Kier molecular flexibility index (Phi) is 3.09. The summed E-state index contributed by atoms with van der Waals surface area (Å²) in [4.78, 5) is 0. The van der Waals surface area contributed by atoms with Crippen LogP contribution < -0.4 is 5.73 Å². The number of aryl methyl sites for hydroxylation is 1. The van der Waals surface area contributed by atoms with Gasteiger partial charge in [-0.3, -0.25) is 0 Å². The number of hydrogen-bond donors (Lipinski definition) is 1. The topological polar surface area (TPSA) is 26.0 Å². The maximum atomic E-state index is 13.5. The van der Waals surface area contributed by atoms with Crippen molar-refractivity contribution in [1.29, 1.82) is 0 Å². The highest BCUT2D eigenvalue weighted by molar-refractivity contribution is 5.50.